The quantitative estimate of drug-likeness (QED) is 0.841. The van der Waals surface area contributed by atoms with Crippen LogP contribution in [0.3, 0.4) is 0 Å². The van der Waals surface area contributed by atoms with Crippen molar-refractivity contribution in [1.29, 1.82) is 0 Å². The maximum absolute atomic E-state index is 12.3. The van der Waals surface area contributed by atoms with Crippen LogP contribution in [0.2, 0.25) is 5.02 Å². The normalized spacial score (nSPS) is 11.2. The lowest BCUT2D eigenvalue weighted by molar-refractivity contribution is 0.0945. The van der Waals surface area contributed by atoms with Crippen molar-refractivity contribution in [3.63, 3.8) is 0 Å². The van der Waals surface area contributed by atoms with E-state index >= 15 is 0 Å². The lowest BCUT2D eigenvalue weighted by Gasteiger charge is -2.11. The first kappa shape index (κ1) is 16.5. The fourth-order valence-corrected chi connectivity index (χ4v) is 3.23. The van der Waals surface area contributed by atoms with Crippen molar-refractivity contribution in [2.75, 3.05) is 0 Å². The lowest BCUT2D eigenvalue weighted by Crippen LogP contribution is -2.41. The standard InChI is InChI=1S/C15H15ClN2O3S/c1-10-6-7-11(2)14(8-10)22(20,21)18-17-15(19)12-4-3-5-13(16)9-12/h3-9,18H,1-2H3,(H,17,19). The van der Waals surface area contributed by atoms with E-state index in [0.717, 1.165) is 5.56 Å². The minimum atomic E-state index is -3.84. The van der Waals surface area contributed by atoms with E-state index in [1.807, 2.05) is 6.07 Å². The molecule has 0 spiro atoms. The maximum atomic E-state index is 12.3. The molecule has 0 fully saturated rings. The number of benzene rings is 2. The zero-order valence-corrected chi connectivity index (χ0v) is 13.6. The Balaban J connectivity index is 2.16. The monoisotopic (exact) mass is 338 g/mol. The van der Waals surface area contributed by atoms with E-state index in [2.05, 4.69) is 10.3 Å². The molecule has 0 radical (unpaired) electrons. The molecule has 0 heterocycles. The molecule has 0 aliphatic carbocycles. The first-order valence-electron chi connectivity index (χ1n) is 6.44. The predicted molar refractivity (Wildman–Crippen MR) is 85.2 cm³/mol. The highest BCUT2D eigenvalue weighted by atomic mass is 35.5. The van der Waals surface area contributed by atoms with Gasteiger partial charge in [-0.1, -0.05) is 29.8 Å². The van der Waals surface area contributed by atoms with Gasteiger partial charge in [-0.25, -0.2) is 8.42 Å². The van der Waals surface area contributed by atoms with Crippen molar-refractivity contribution in [1.82, 2.24) is 10.3 Å². The molecular formula is C15H15ClN2O3S. The number of rotatable bonds is 4. The molecule has 0 bridgehead atoms. The van der Waals surface area contributed by atoms with Gasteiger partial charge in [0.25, 0.3) is 15.9 Å². The van der Waals surface area contributed by atoms with Crippen LogP contribution in [0.1, 0.15) is 21.5 Å². The molecule has 116 valence electrons. The van der Waals surface area contributed by atoms with Gasteiger partial charge >= 0.3 is 0 Å². The van der Waals surface area contributed by atoms with Crippen LogP contribution in [0.4, 0.5) is 0 Å². The summed E-state index contributed by atoms with van der Waals surface area (Å²) >= 11 is 5.79. The van der Waals surface area contributed by atoms with E-state index in [-0.39, 0.29) is 10.5 Å². The number of sulfonamides is 1. The number of halogens is 1. The van der Waals surface area contributed by atoms with Crippen LogP contribution in [0.25, 0.3) is 0 Å². The zero-order valence-electron chi connectivity index (χ0n) is 12.1. The fraction of sp³-hybridized carbons (Fsp3) is 0.133. The van der Waals surface area contributed by atoms with Crippen LogP contribution >= 0.6 is 11.6 Å². The molecule has 0 aromatic heterocycles. The third-order valence-corrected chi connectivity index (χ3v) is 4.64. The summed E-state index contributed by atoms with van der Waals surface area (Å²) in [6.07, 6.45) is 0. The Morgan fingerprint density at radius 1 is 1.09 bits per heavy atom. The summed E-state index contributed by atoms with van der Waals surface area (Å²) in [6, 6.07) is 11.3. The largest absolute Gasteiger partial charge is 0.273 e. The molecule has 7 heteroatoms. The van der Waals surface area contributed by atoms with E-state index in [4.69, 9.17) is 11.6 Å². The fourth-order valence-electron chi connectivity index (χ4n) is 1.87. The van der Waals surface area contributed by atoms with Gasteiger partial charge in [0.15, 0.2) is 0 Å². The number of nitrogens with one attached hydrogen (secondary N) is 2. The second-order valence-corrected chi connectivity index (χ2v) is 6.93. The number of carbonyl (C=O) groups is 1. The predicted octanol–water partition coefficient (Wildman–Crippen LogP) is 2.58. The van der Waals surface area contributed by atoms with Gasteiger partial charge in [-0.2, -0.15) is 0 Å². The number of hydrogen-bond acceptors (Lipinski definition) is 3. The second kappa shape index (κ2) is 6.48. The van der Waals surface area contributed by atoms with Crippen molar-refractivity contribution in [3.8, 4) is 0 Å². The first-order valence-corrected chi connectivity index (χ1v) is 8.31. The molecule has 5 nitrogen and oxygen atoms in total. The summed E-state index contributed by atoms with van der Waals surface area (Å²) < 4.78 is 24.5. The smallest absolute Gasteiger partial charge is 0.266 e. The van der Waals surface area contributed by atoms with Gasteiger partial charge in [-0.15, -0.1) is 4.83 Å². The Labute approximate surface area is 134 Å². The molecule has 1 amide bonds. The molecule has 0 unspecified atom stereocenters. The van der Waals surface area contributed by atoms with Crippen molar-refractivity contribution in [2.24, 2.45) is 0 Å². The average Bonchev–Trinajstić information content (AvgIpc) is 2.47. The van der Waals surface area contributed by atoms with E-state index in [1.54, 1.807) is 38.1 Å². The second-order valence-electron chi connectivity index (χ2n) is 4.84. The maximum Gasteiger partial charge on any atom is 0.266 e. The molecule has 2 rings (SSSR count). The van der Waals surface area contributed by atoms with Crippen molar-refractivity contribution in [3.05, 3.63) is 64.2 Å². The number of aryl methyl sites for hydroxylation is 2. The van der Waals surface area contributed by atoms with Crippen LogP contribution < -0.4 is 10.3 Å². The van der Waals surface area contributed by atoms with Crippen LogP contribution in [0, 0.1) is 13.8 Å². The molecule has 0 saturated carbocycles. The first-order chi connectivity index (χ1) is 10.3. The highest BCUT2D eigenvalue weighted by Gasteiger charge is 2.18. The number of carbonyl (C=O) groups excluding carboxylic acids is 1. The Morgan fingerprint density at radius 3 is 2.50 bits per heavy atom. The third-order valence-electron chi connectivity index (χ3n) is 3.02. The van der Waals surface area contributed by atoms with Gasteiger partial charge in [-0.3, -0.25) is 10.2 Å². The summed E-state index contributed by atoms with van der Waals surface area (Å²) in [5.41, 5.74) is 3.84. The van der Waals surface area contributed by atoms with Crippen LogP contribution in [0.15, 0.2) is 47.4 Å². The SMILES string of the molecule is Cc1ccc(C)c(S(=O)(=O)NNC(=O)c2cccc(Cl)c2)c1. The van der Waals surface area contributed by atoms with E-state index < -0.39 is 15.9 Å². The van der Waals surface area contributed by atoms with Crippen LogP contribution in [0.5, 0.6) is 0 Å². The molecule has 0 aliphatic rings. The Morgan fingerprint density at radius 2 is 1.82 bits per heavy atom. The summed E-state index contributed by atoms with van der Waals surface area (Å²) in [7, 11) is -3.84. The molecule has 2 N–H and O–H groups in total. The topological polar surface area (TPSA) is 75.3 Å². The Hall–Kier alpha value is -1.89. The average molecular weight is 339 g/mol. The van der Waals surface area contributed by atoms with Gasteiger partial charge in [0.1, 0.15) is 0 Å². The van der Waals surface area contributed by atoms with E-state index in [1.165, 1.54) is 12.1 Å². The van der Waals surface area contributed by atoms with E-state index in [9.17, 15) is 13.2 Å². The summed E-state index contributed by atoms with van der Waals surface area (Å²) in [6.45, 7) is 3.48. The molecule has 0 aliphatic heterocycles. The van der Waals surface area contributed by atoms with Crippen molar-refractivity contribution < 1.29 is 13.2 Å². The molecule has 22 heavy (non-hydrogen) atoms. The van der Waals surface area contributed by atoms with Crippen LogP contribution in [-0.2, 0) is 10.0 Å². The van der Waals surface area contributed by atoms with Crippen molar-refractivity contribution in [2.45, 2.75) is 18.7 Å². The lowest BCUT2D eigenvalue weighted by atomic mass is 10.2. The van der Waals surface area contributed by atoms with Gasteiger partial charge in [0.05, 0.1) is 4.90 Å². The summed E-state index contributed by atoms with van der Waals surface area (Å²) in [5, 5.41) is 0.394. The van der Waals surface area contributed by atoms with E-state index in [0.29, 0.717) is 10.6 Å². The van der Waals surface area contributed by atoms with Gasteiger partial charge < -0.3 is 0 Å². The Kier molecular flexibility index (Phi) is 4.85. The van der Waals surface area contributed by atoms with Gasteiger partial charge in [0.2, 0.25) is 0 Å². The number of hydrazine groups is 1. The van der Waals surface area contributed by atoms with Gasteiger partial charge in [0, 0.05) is 10.6 Å². The highest BCUT2D eigenvalue weighted by Crippen LogP contribution is 2.16. The third kappa shape index (κ3) is 3.85. The number of amides is 1. The summed E-state index contributed by atoms with van der Waals surface area (Å²) in [5.74, 6) is -0.587. The Bertz CT molecular complexity index is 819. The minimum absolute atomic E-state index is 0.124. The van der Waals surface area contributed by atoms with Gasteiger partial charge in [-0.05, 0) is 49.2 Å². The molecule has 2 aromatic rings. The highest BCUT2D eigenvalue weighted by molar-refractivity contribution is 7.89. The minimum Gasteiger partial charge on any atom is -0.273 e. The summed E-state index contributed by atoms with van der Waals surface area (Å²) in [4.78, 5) is 14.1. The van der Waals surface area contributed by atoms with Crippen molar-refractivity contribution >= 4 is 27.5 Å². The zero-order chi connectivity index (χ0) is 16.3. The molecule has 2 aromatic carbocycles. The molecule has 0 saturated heterocycles. The number of hydrogen-bond donors (Lipinski definition) is 2. The molecule has 0 atom stereocenters. The van der Waals surface area contributed by atoms with Crippen LogP contribution in [-0.4, -0.2) is 14.3 Å². The molecular weight excluding hydrogens is 324 g/mol.